The monoisotopic (exact) mass is 784 g/mol. The van der Waals surface area contributed by atoms with Crippen LogP contribution in [0.25, 0.3) is 0 Å². The molecule has 0 aliphatic carbocycles. The van der Waals surface area contributed by atoms with Crippen molar-refractivity contribution in [2.24, 2.45) is 5.73 Å². The third kappa shape index (κ3) is 8.08. The number of benzene rings is 5. The Morgan fingerprint density at radius 2 is 1.21 bits per heavy atom. The van der Waals surface area contributed by atoms with Gasteiger partial charge >= 0.3 is 0 Å². The molecule has 2 aliphatic rings. The van der Waals surface area contributed by atoms with Gasteiger partial charge in [-0.05, 0) is 116 Å². The number of aryl methyl sites for hydroxylation is 4. The smallest absolute Gasteiger partial charge is 0.252 e. The zero-order valence-corrected chi connectivity index (χ0v) is 34.5. The Kier molecular flexibility index (Phi) is 12.1. The minimum atomic E-state index is -0.669. The van der Waals surface area contributed by atoms with E-state index in [2.05, 4.69) is 5.32 Å². The number of anilines is 2. The van der Waals surface area contributed by atoms with Crippen LogP contribution in [0.2, 0.25) is 0 Å². The minimum Gasteiger partial charge on any atom is -0.508 e. The number of ether oxygens (including phenoxy) is 3. The van der Waals surface area contributed by atoms with Crippen LogP contribution in [0, 0.1) is 41.5 Å². The predicted octanol–water partition coefficient (Wildman–Crippen LogP) is 7.53. The molecule has 2 aliphatic heterocycles. The van der Waals surface area contributed by atoms with Gasteiger partial charge in [0.05, 0.1) is 26.3 Å². The fraction of sp³-hybridized carbons (Fsp3) is 0.298. The fourth-order valence-electron chi connectivity index (χ4n) is 7.45. The molecule has 302 valence electrons. The molecular formula is C47H52N4O7. The summed E-state index contributed by atoms with van der Waals surface area (Å²) in [5, 5.41) is 12.8. The highest BCUT2D eigenvalue weighted by molar-refractivity contribution is 6.08. The maximum absolute atomic E-state index is 12.8. The zero-order valence-electron chi connectivity index (χ0n) is 34.5. The summed E-state index contributed by atoms with van der Waals surface area (Å²) in [5.41, 5.74) is 16.5. The van der Waals surface area contributed by atoms with Crippen LogP contribution in [0.15, 0.2) is 91.0 Å². The number of rotatable bonds is 10. The minimum absolute atomic E-state index is 0.0948. The third-order valence-corrected chi connectivity index (χ3v) is 11.2. The van der Waals surface area contributed by atoms with Crippen molar-refractivity contribution in [1.82, 2.24) is 5.32 Å². The Labute approximate surface area is 340 Å². The van der Waals surface area contributed by atoms with Crippen molar-refractivity contribution < 1.29 is 33.7 Å². The van der Waals surface area contributed by atoms with E-state index in [9.17, 15) is 19.5 Å². The van der Waals surface area contributed by atoms with Gasteiger partial charge in [-0.1, -0.05) is 54.6 Å². The van der Waals surface area contributed by atoms with E-state index in [1.807, 2.05) is 120 Å². The van der Waals surface area contributed by atoms with Crippen LogP contribution >= 0.6 is 0 Å². The van der Waals surface area contributed by atoms with Crippen molar-refractivity contribution in [3.05, 3.63) is 141 Å². The highest BCUT2D eigenvalue weighted by Gasteiger charge is 2.50. The molecular weight excluding hydrogens is 733 g/mol. The number of methoxy groups -OCH3 is 2. The topological polar surface area (TPSA) is 144 Å². The molecule has 0 unspecified atom stereocenters. The third-order valence-electron chi connectivity index (χ3n) is 11.2. The number of carbonyl (C=O) groups is 3. The second-order valence-electron chi connectivity index (χ2n) is 15.0. The molecule has 0 aromatic heterocycles. The van der Waals surface area contributed by atoms with Crippen molar-refractivity contribution >= 4 is 29.1 Å². The Bertz CT molecular complexity index is 2360. The number of nitrogens with zero attached hydrogens (tertiary/aromatic N) is 2. The molecule has 4 atom stereocenters. The van der Waals surface area contributed by atoms with Gasteiger partial charge < -0.3 is 40.2 Å². The van der Waals surface area contributed by atoms with Crippen LogP contribution in [-0.4, -0.2) is 49.1 Å². The molecule has 0 bridgehead atoms. The Balaban J connectivity index is 0.000000198. The maximum Gasteiger partial charge on any atom is 0.252 e. The number of nitrogens with two attached hydrogens (primary N) is 1. The van der Waals surface area contributed by atoms with Gasteiger partial charge in [-0.15, -0.1) is 0 Å². The predicted molar refractivity (Wildman–Crippen MR) is 226 cm³/mol. The van der Waals surface area contributed by atoms with Crippen LogP contribution in [0.3, 0.4) is 0 Å². The number of nitrogens with one attached hydrogen (secondary N) is 1. The molecule has 2 saturated heterocycles. The number of β-lactam (4-membered cyclic amide) rings is 2. The van der Waals surface area contributed by atoms with Crippen LogP contribution in [0.4, 0.5) is 11.4 Å². The molecule has 2 heterocycles. The normalized spacial score (nSPS) is 18.4. The van der Waals surface area contributed by atoms with Gasteiger partial charge in [0, 0.05) is 30.4 Å². The molecule has 7 rings (SSSR count). The van der Waals surface area contributed by atoms with Gasteiger partial charge in [0.2, 0.25) is 11.8 Å². The highest BCUT2D eigenvalue weighted by Crippen LogP contribution is 2.44. The maximum atomic E-state index is 12.8. The fourth-order valence-corrected chi connectivity index (χ4v) is 7.45. The van der Waals surface area contributed by atoms with E-state index in [0.29, 0.717) is 18.0 Å². The summed E-state index contributed by atoms with van der Waals surface area (Å²) in [6.45, 7) is 13.6. The summed E-state index contributed by atoms with van der Waals surface area (Å²) >= 11 is 0. The molecule has 5 aromatic carbocycles. The van der Waals surface area contributed by atoms with Crippen molar-refractivity contribution in [1.29, 1.82) is 0 Å². The van der Waals surface area contributed by atoms with Crippen molar-refractivity contribution in [3.8, 4) is 23.0 Å². The molecule has 0 spiro atoms. The molecule has 11 heteroatoms. The largest absolute Gasteiger partial charge is 0.508 e. The van der Waals surface area contributed by atoms with Gasteiger partial charge in [-0.2, -0.15) is 0 Å². The number of hydrogen-bond acceptors (Lipinski definition) is 8. The molecule has 5 aromatic rings. The molecule has 4 N–H and O–H groups in total. The lowest BCUT2D eigenvalue weighted by Crippen LogP contribution is -2.65. The first-order valence-electron chi connectivity index (χ1n) is 19.2. The van der Waals surface area contributed by atoms with Crippen LogP contribution in [0.1, 0.15) is 69.1 Å². The van der Waals surface area contributed by atoms with E-state index >= 15 is 0 Å². The molecule has 3 amide bonds. The van der Waals surface area contributed by atoms with Gasteiger partial charge in [-0.3, -0.25) is 14.4 Å². The van der Waals surface area contributed by atoms with Crippen LogP contribution < -0.4 is 35.1 Å². The van der Waals surface area contributed by atoms with E-state index in [1.54, 1.807) is 36.2 Å². The van der Waals surface area contributed by atoms with Crippen molar-refractivity contribution in [3.63, 3.8) is 0 Å². The van der Waals surface area contributed by atoms with E-state index in [1.165, 1.54) is 6.92 Å². The van der Waals surface area contributed by atoms with E-state index < -0.39 is 18.1 Å². The summed E-state index contributed by atoms with van der Waals surface area (Å²) in [7, 11) is 3.24. The Morgan fingerprint density at radius 3 is 1.74 bits per heavy atom. The number of phenolic OH excluding ortho intramolecular Hbond substituents is 1. The highest BCUT2D eigenvalue weighted by atomic mass is 16.5. The van der Waals surface area contributed by atoms with Gasteiger partial charge in [0.1, 0.15) is 41.7 Å². The number of aromatic hydroxyl groups is 1. The molecule has 0 saturated carbocycles. The molecule has 58 heavy (non-hydrogen) atoms. The molecule has 0 radical (unpaired) electrons. The Morgan fingerprint density at radius 1 is 0.672 bits per heavy atom. The second-order valence-corrected chi connectivity index (χ2v) is 15.0. The van der Waals surface area contributed by atoms with Crippen LogP contribution in [-0.2, 0) is 21.0 Å². The number of amides is 3. The van der Waals surface area contributed by atoms with Gasteiger partial charge in [0.25, 0.3) is 5.91 Å². The lowest BCUT2D eigenvalue weighted by atomic mass is 9.86. The SMILES string of the molecule is COc1cc(N2C(=O)[C@@H](N)[C@@H]2c2ccc(C)c(OCc3ccccc3)c2)cc(C)c1C.COc1cc(N2C(=O)[C@@H](NC(C)=O)[C@@H]2c2ccc(C)c(O)c2)cc(C)c1C. The summed E-state index contributed by atoms with van der Waals surface area (Å²) in [4.78, 5) is 40.5. The first-order chi connectivity index (χ1) is 27.6. The van der Waals surface area contributed by atoms with Crippen LogP contribution in [0.5, 0.6) is 23.0 Å². The van der Waals surface area contributed by atoms with Gasteiger partial charge in [0.15, 0.2) is 0 Å². The van der Waals surface area contributed by atoms with E-state index in [4.69, 9.17) is 19.9 Å². The molecule has 2 fully saturated rings. The average Bonchev–Trinajstić information content (AvgIpc) is 3.21. The quantitative estimate of drug-likeness (QED) is 0.123. The number of hydrogen-bond donors (Lipinski definition) is 3. The lowest BCUT2D eigenvalue weighted by Gasteiger charge is -2.47. The first kappa shape index (κ1) is 41.3. The summed E-state index contributed by atoms with van der Waals surface area (Å²) in [6, 6.07) is 27.2. The lowest BCUT2D eigenvalue weighted by molar-refractivity contribution is -0.132. The zero-order chi connectivity index (χ0) is 42.0. The average molecular weight is 785 g/mol. The van der Waals surface area contributed by atoms with Crippen molar-refractivity contribution in [2.45, 2.75) is 79.2 Å². The standard InChI is InChI=1S/C26H28N2O3.C21H24N2O4/c1-16-10-11-20(13-22(16)31-15-19-8-6-5-7-9-19)25-24(27)26(29)28(25)21-12-17(2)18(3)23(14-21)30-4;1-11-6-7-15(9-17(11)25)20-19(22-14(4)24)21(26)23(20)16-8-12(2)13(3)18(10-16)27-5/h5-14,24-25H,15,27H2,1-4H3;6-10,19-20,25H,1-5H3,(H,22,24)/t24-,25-;19-,20-/m00/s1. The van der Waals surface area contributed by atoms with E-state index in [0.717, 1.165) is 67.3 Å². The van der Waals surface area contributed by atoms with E-state index in [-0.39, 0.29) is 29.5 Å². The second kappa shape index (κ2) is 17.0. The number of phenols is 1. The number of carbonyl (C=O) groups excluding carboxylic acids is 3. The van der Waals surface area contributed by atoms with Crippen molar-refractivity contribution in [2.75, 3.05) is 24.0 Å². The summed E-state index contributed by atoms with van der Waals surface area (Å²) in [6.07, 6.45) is 0. The summed E-state index contributed by atoms with van der Waals surface area (Å²) in [5.74, 6) is 1.86. The molecule has 11 nitrogen and oxygen atoms in total. The first-order valence-corrected chi connectivity index (χ1v) is 19.2. The Hall–Kier alpha value is -6.33. The van der Waals surface area contributed by atoms with Gasteiger partial charge in [-0.25, -0.2) is 0 Å². The summed E-state index contributed by atoms with van der Waals surface area (Å²) < 4.78 is 17.0.